The van der Waals surface area contributed by atoms with Crippen molar-refractivity contribution < 1.29 is 13.3 Å². The van der Waals surface area contributed by atoms with E-state index in [0.717, 1.165) is 15.7 Å². The number of hydrogen-bond donors (Lipinski definition) is 2. The number of nitrogens with one attached hydrogen (secondary N) is 1. The highest BCUT2D eigenvalue weighted by Gasteiger charge is 2.21. The van der Waals surface area contributed by atoms with Gasteiger partial charge in [-0.3, -0.25) is 14.8 Å². The van der Waals surface area contributed by atoms with E-state index in [1.54, 1.807) is 24.3 Å². The van der Waals surface area contributed by atoms with Crippen molar-refractivity contribution in [3.63, 3.8) is 0 Å². The van der Waals surface area contributed by atoms with Crippen LogP contribution in [0.3, 0.4) is 0 Å². The Morgan fingerprint density at radius 1 is 1.14 bits per heavy atom. The first-order valence-electron chi connectivity index (χ1n) is 5.62. The molecule has 0 amide bonds. The Bertz CT molecular complexity index is 791. The second-order valence-electron chi connectivity index (χ2n) is 4.09. The lowest BCUT2D eigenvalue weighted by Crippen LogP contribution is -2.15. The van der Waals surface area contributed by atoms with E-state index in [1.807, 2.05) is 0 Å². The molecule has 2 aromatic rings. The first kappa shape index (κ1) is 15.5. The van der Waals surface area contributed by atoms with E-state index < -0.39 is 14.9 Å². The van der Waals surface area contributed by atoms with E-state index >= 15 is 0 Å². The number of anilines is 2. The monoisotopic (exact) mass is 419 g/mol. The average molecular weight is 419 g/mol. The van der Waals surface area contributed by atoms with E-state index in [9.17, 15) is 18.5 Å². The fraction of sp³-hybridized carbons (Fsp3) is 0. The molecule has 0 bridgehead atoms. The molecule has 3 N–H and O–H groups in total. The van der Waals surface area contributed by atoms with Crippen molar-refractivity contribution >= 4 is 49.7 Å². The summed E-state index contributed by atoms with van der Waals surface area (Å²) in [6, 6.07) is 9.92. The van der Waals surface area contributed by atoms with Gasteiger partial charge in [-0.05, 0) is 52.9 Å². The Hall–Kier alpha value is -1.88. The summed E-state index contributed by atoms with van der Waals surface area (Å²) in [5.74, 6) is 0. The third kappa shape index (κ3) is 3.61. The number of non-ortho nitro benzene ring substituents is 1. The van der Waals surface area contributed by atoms with Gasteiger partial charge >= 0.3 is 0 Å². The Morgan fingerprint density at radius 2 is 1.76 bits per heavy atom. The van der Waals surface area contributed by atoms with Gasteiger partial charge in [0, 0.05) is 21.4 Å². The van der Waals surface area contributed by atoms with Gasteiger partial charge in [-0.2, -0.15) is 0 Å². The van der Waals surface area contributed by atoms with Gasteiger partial charge in [-0.1, -0.05) is 0 Å². The average Bonchev–Trinajstić information content (AvgIpc) is 2.41. The summed E-state index contributed by atoms with van der Waals surface area (Å²) >= 11 is 2.09. The lowest BCUT2D eigenvalue weighted by molar-refractivity contribution is -0.385. The van der Waals surface area contributed by atoms with Crippen LogP contribution < -0.4 is 10.5 Å². The molecule has 7 nitrogen and oxygen atoms in total. The number of nitrogen functional groups attached to an aromatic ring is 1. The zero-order valence-electron chi connectivity index (χ0n) is 10.5. The van der Waals surface area contributed by atoms with Gasteiger partial charge in [0.25, 0.3) is 15.7 Å². The maximum absolute atomic E-state index is 12.3. The number of nitrogens with zero attached hydrogens (tertiary/aromatic N) is 1. The summed E-state index contributed by atoms with van der Waals surface area (Å²) in [7, 11) is -3.99. The number of halogens is 1. The van der Waals surface area contributed by atoms with Gasteiger partial charge in [0.2, 0.25) is 0 Å². The molecule has 9 heteroatoms. The fourth-order valence-corrected chi connectivity index (χ4v) is 3.17. The van der Waals surface area contributed by atoms with Gasteiger partial charge in [0.15, 0.2) is 0 Å². The SMILES string of the molecule is Nc1ccc([N+](=O)[O-])cc1S(=O)(=O)Nc1ccc(I)cc1. The van der Waals surface area contributed by atoms with Gasteiger partial charge in [-0.15, -0.1) is 0 Å². The fourth-order valence-electron chi connectivity index (χ4n) is 1.60. The van der Waals surface area contributed by atoms with Crippen LogP contribution in [-0.4, -0.2) is 13.3 Å². The van der Waals surface area contributed by atoms with E-state index in [0.29, 0.717) is 5.69 Å². The number of rotatable bonds is 4. The highest BCUT2D eigenvalue weighted by Crippen LogP contribution is 2.26. The third-order valence-electron chi connectivity index (χ3n) is 2.59. The van der Waals surface area contributed by atoms with Crippen molar-refractivity contribution in [1.29, 1.82) is 0 Å². The Balaban J connectivity index is 2.41. The molecule has 0 saturated carbocycles. The molecule has 0 aromatic heterocycles. The third-order valence-corrected chi connectivity index (χ3v) is 4.75. The molecule has 0 saturated heterocycles. The molecule has 110 valence electrons. The zero-order chi connectivity index (χ0) is 15.6. The Morgan fingerprint density at radius 3 is 2.33 bits per heavy atom. The van der Waals surface area contributed by atoms with Crippen LogP contribution in [0.1, 0.15) is 0 Å². The summed E-state index contributed by atoms with van der Waals surface area (Å²) in [5.41, 5.74) is 5.56. The molecule has 0 spiro atoms. The molecule has 0 aliphatic carbocycles. The number of nitro groups is 1. The lowest BCUT2D eigenvalue weighted by Gasteiger charge is -2.10. The molecular formula is C12H10IN3O4S. The molecule has 2 aromatic carbocycles. The topological polar surface area (TPSA) is 115 Å². The number of hydrogen-bond acceptors (Lipinski definition) is 5. The van der Waals surface area contributed by atoms with Crippen molar-refractivity contribution in [2.45, 2.75) is 4.90 Å². The second kappa shape index (κ2) is 5.85. The molecule has 0 aliphatic rings. The minimum Gasteiger partial charge on any atom is -0.398 e. The van der Waals surface area contributed by atoms with E-state index in [1.165, 1.54) is 6.07 Å². The van der Waals surface area contributed by atoms with Gasteiger partial charge < -0.3 is 5.73 Å². The van der Waals surface area contributed by atoms with Crippen LogP contribution in [0.5, 0.6) is 0 Å². The lowest BCUT2D eigenvalue weighted by atomic mass is 10.3. The Labute approximate surface area is 134 Å². The summed E-state index contributed by atoms with van der Waals surface area (Å²) in [6.45, 7) is 0. The maximum Gasteiger partial charge on any atom is 0.270 e. The van der Waals surface area contributed by atoms with Gasteiger partial charge in [-0.25, -0.2) is 8.42 Å². The standard InChI is InChI=1S/C12H10IN3O4S/c13-8-1-3-9(4-2-8)15-21(19,20)12-7-10(16(17)18)5-6-11(12)14/h1-7,15H,14H2. The first-order valence-corrected chi connectivity index (χ1v) is 8.18. The summed E-state index contributed by atoms with van der Waals surface area (Å²) in [4.78, 5) is 9.73. The van der Waals surface area contributed by atoms with Crippen LogP contribution in [0.2, 0.25) is 0 Å². The van der Waals surface area contributed by atoms with Crippen LogP contribution >= 0.6 is 22.6 Å². The van der Waals surface area contributed by atoms with Crippen molar-refractivity contribution in [1.82, 2.24) is 0 Å². The quantitative estimate of drug-likeness (QED) is 0.342. The number of sulfonamides is 1. The first-order chi connectivity index (χ1) is 9.79. The van der Waals surface area contributed by atoms with Gasteiger partial charge in [0.05, 0.1) is 10.6 Å². The van der Waals surface area contributed by atoms with E-state index in [-0.39, 0.29) is 16.3 Å². The molecule has 0 atom stereocenters. The number of benzene rings is 2. The van der Waals surface area contributed by atoms with Crippen LogP contribution in [0.25, 0.3) is 0 Å². The second-order valence-corrected chi connectivity index (χ2v) is 6.99. The van der Waals surface area contributed by atoms with Crippen LogP contribution in [0.15, 0.2) is 47.4 Å². The highest BCUT2D eigenvalue weighted by atomic mass is 127. The van der Waals surface area contributed by atoms with Crippen LogP contribution in [0, 0.1) is 13.7 Å². The molecule has 0 radical (unpaired) electrons. The van der Waals surface area contributed by atoms with Crippen LogP contribution in [0.4, 0.5) is 17.1 Å². The predicted molar refractivity (Wildman–Crippen MR) is 87.5 cm³/mol. The van der Waals surface area contributed by atoms with Crippen molar-refractivity contribution in [3.05, 3.63) is 56.1 Å². The minimum absolute atomic E-state index is 0.0568. The molecule has 0 heterocycles. The summed E-state index contributed by atoms with van der Waals surface area (Å²) in [6.07, 6.45) is 0. The number of nitrogens with two attached hydrogens (primary N) is 1. The van der Waals surface area contributed by atoms with E-state index in [2.05, 4.69) is 27.3 Å². The Kier molecular flexibility index (Phi) is 4.32. The molecule has 0 unspecified atom stereocenters. The largest absolute Gasteiger partial charge is 0.398 e. The molecule has 0 aliphatic heterocycles. The molecule has 2 rings (SSSR count). The van der Waals surface area contributed by atoms with Gasteiger partial charge in [0.1, 0.15) is 4.90 Å². The normalized spacial score (nSPS) is 11.1. The van der Waals surface area contributed by atoms with E-state index in [4.69, 9.17) is 5.73 Å². The number of nitro benzene ring substituents is 1. The summed E-state index contributed by atoms with van der Waals surface area (Å²) in [5, 5.41) is 10.7. The van der Waals surface area contributed by atoms with Crippen molar-refractivity contribution in [3.8, 4) is 0 Å². The zero-order valence-corrected chi connectivity index (χ0v) is 13.5. The predicted octanol–water partition coefficient (Wildman–Crippen LogP) is 2.58. The smallest absolute Gasteiger partial charge is 0.270 e. The maximum atomic E-state index is 12.3. The molecular weight excluding hydrogens is 409 g/mol. The van der Waals surface area contributed by atoms with Crippen molar-refractivity contribution in [2.75, 3.05) is 10.5 Å². The van der Waals surface area contributed by atoms with Crippen molar-refractivity contribution in [2.24, 2.45) is 0 Å². The molecule has 0 fully saturated rings. The minimum atomic E-state index is -3.99. The highest BCUT2D eigenvalue weighted by molar-refractivity contribution is 14.1. The summed E-state index contributed by atoms with van der Waals surface area (Å²) < 4.78 is 27.8. The molecule has 21 heavy (non-hydrogen) atoms. The van der Waals surface area contributed by atoms with Crippen LogP contribution in [-0.2, 0) is 10.0 Å².